The predicted octanol–water partition coefficient (Wildman–Crippen LogP) is 3.10. The highest BCUT2D eigenvalue weighted by Gasteiger charge is 2.27. The number of nitrogens with two attached hydrogens (primary N) is 1. The maximum atomic E-state index is 13.0. The molecule has 25 heavy (non-hydrogen) atoms. The van der Waals surface area contributed by atoms with Crippen LogP contribution in [-0.4, -0.2) is 30.5 Å². The molecule has 2 aromatic carbocycles. The van der Waals surface area contributed by atoms with E-state index < -0.39 is 0 Å². The molecule has 0 unspecified atom stereocenters. The van der Waals surface area contributed by atoms with Gasteiger partial charge in [0.05, 0.1) is 6.61 Å². The fourth-order valence-electron chi connectivity index (χ4n) is 3.98. The molecule has 4 rings (SSSR count). The van der Waals surface area contributed by atoms with Crippen LogP contribution in [0.5, 0.6) is 5.75 Å². The number of carbonyl (C=O) groups is 1. The highest BCUT2D eigenvalue weighted by molar-refractivity contribution is 5.96. The SMILES string of the molecule is NCc1cccc(C2CCN(C(=O)c3cccc4c3CCO4)CC2)c1. The maximum Gasteiger partial charge on any atom is 0.254 e. The third kappa shape index (κ3) is 3.14. The van der Waals surface area contributed by atoms with E-state index in [4.69, 9.17) is 10.5 Å². The quantitative estimate of drug-likeness (QED) is 0.937. The molecule has 2 aromatic rings. The molecule has 2 N–H and O–H groups in total. The minimum Gasteiger partial charge on any atom is -0.493 e. The van der Waals surface area contributed by atoms with Gasteiger partial charge in [-0.1, -0.05) is 30.3 Å². The Morgan fingerprint density at radius 3 is 2.76 bits per heavy atom. The summed E-state index contributed by atoms with van der Waals surface area (Å²) < 4.78 is 5.59. The van der Waals surface area contributed by atoms with Crippen LogP contribution in [0.1, 0.15) is 45.8 Å². The van der Waals surface area contributed by atoms with Gasteiger partial charge in [-0.2, -0.15) is 0 Å². The summed E-state index contributed by atoms with van der Waals surface area (Å²) in [5, 5.41) is 0. The van der Waals surface area contributed by atoms with E-state index in [9.17, 15) is 4.79 Å². The number of likely N-dealkylation sites (tertiary alicyclic amines) is 1. The molecule has 4 heteroatoms. The summed E-state index contributed by atoms with van der Waals surface area (Å²) in [6, 6.07) is 14.4. The molecule has 130 valence electrons. The molecule has 1 amide bonds. The van der Waals surface area contributed by atoms with Crippen molar-refractivity contribution in [3.63, 3.8) is 0 Å². The molecule has 0 aliphatic carbocycles. The Balaban J connectivity index is 1.45. The van der Waals surface area contributed by atoms with Gasteiger partial charge in [-0.25, -0.2) is 0 Å². The van der Waals surface area contributed by atoms with Crippen molar-refractivity contribution in [3.8, 4) is 5.75 Å². The van der Waals surface area contributed by atoms with Crippen LogP contribution < -0.4 is 10.5 Å². The van der Waals surface area contributed by atoms with Gasteiger partial charge in [0.15, 0.2) is 0 Å². The number of hydrogen-bond acceptors (Lipinski definition) is 3. The van der Waals surface area contributed by atoms with E-state index in [1.807, 2.05) is 23.1 Å². The molecule has 1 fully saturated rings. The maximum absolute atomic E-state index is 13.0. The Labute approximate surface area is 148 Å². The van der Waals surface area contributed by atoms with Crippen molar-refractivity contribution in [2.45, 2.75) is 31.7 Å². The van der Waals surface area contributed by atoms with Gasteiger partial charge in [-0.05, 0) is 42.0 Å². The van der Waals surface area contributed by atoms with E-state index in [0.717, 1.165) is 49.2 Å². The monoisotopic (exact) mass is 336 g/mol. The van der Waals surface area contributed by atoms with Gasteiger partial charge in [-0.15, -0.1) is 0 Å². The number of fused-ring (bicyclic) bond motifs is 1. The Kier molecular flexibility index (Phi) is 4.45. The Hall–Kier alpha value is -2.33. The Morgan fingerprint density at radius 2 is 1.96 bits per heavy atom. The topological polar surface area (TPSA) is 55.6 Å². The molecule has 2 aliphatic heterocycles. The lowest BCUT2D eigenvalue weighted by molar-refractivity contribution is 0.0712. The molecule has 0 saturated carbocycles. The van der Waals surface area contributed by atoms with Crippen molar-refractivity contribution in [1.82, 2.24) is 4.90 Å². The van der Waals surface area contributed by atoms with Gasteiger partial charge < -0.3 is 15.4 Å². The number of piperidine rings is 1. The van der Waals surface area contributed by atoms with Gasteiger partial charge in [0.2, 0.25) is 0 Å². The summed E-state index contributed by atoms with van der Waals surface area (Å²) in [5.41, 5.74) is 10.2. The molecule has 4 nitrogen and oxygen atoms in total. The Bertz CT molecular complexity index is 779. The van der Waals surface area contributed by atoms with Gasteiger partial charge in [0, 0.05) is 37.2 Å². The third-order valence-corrected chi connectivity index (χ3v) is 5.41. The highest BCUT2D eigenvalue weighted by atomic mass is 16.5. The van der Waals surface area contributed by atoms with Crippen molar-refractivity contribution in [1.29, 1.82) is 0 Å². The first-order valence-corrected chi connectivity index (χ1v) is 9.09. The largest absolute Gasteiger partial charge is 0.493 e. The van der Waals surface area contributed by atoms with Gasteiger partial charge >= 0.3 is 0 Å². The first kappa shape index (κ1) is 16.2. The molecular formula is C21H24N2O2. The van der Waals surface area contributed by atoms with Crippen LogP contribution >= 0.6 is 0 Å². The number of rotatable bonds is 3. The van der Waals surface area contributed by atoms with Crippen molar-refractivity contribution < 1.29 is 9.53 Å². The van der Waals surface area contributed by atoms with Gasteiger partial charge in [0.25, 0.3) is 5.91 Å². The van der Waals surface area contributed by atoms with E-state index in [-0.39, 0.29) is 5.91 Å². The van der Waals surface area contributed by atoms with Crippen LogP contribution in [0.2, 0.25) is 0 Å². The average molecular weight is 336 g/mol. The number of nitrogens with zero attached hydrogens (tertiary/aromatic N) is 1. The van der Waals surface area contributed by atoms with Crippen molar-refractivity contribution in [3.05, 3.63) is 64.7 Å². The summed E-state index contributed by atoms with van der Waals surface area (Å²) in [5.74, 6) is 1.54. The fraction of sp³-hybridized carbons (Fsp3) is 0.381. The Morgan fingerprint density at radius 1 is 1.16 bits per heavy atom. The number of amides is 1. The van der Waals surface area contributed by atoms with Crippen LogP contribution in [0.15, 0.2) is 42.5 Å². The summed E-state index contributed by atoms with van der Waals surface area (Å²) in [6.07, 6.45) is 2.84. The normalized spacial score (nSPS) is 17.2. The zero-order valence-corrected chi connectivity index (χ0v) is 14.4. The lowest BCUT2D eigenvalue weighted by Crippen LogP contribution is -2.38. The second-order valence-corrected chi connectivity index (χ2v) is 6.90. The third-order valence-electron chi connectivity index (χ3n) is 5.41. The highest BCUT2D eigenvalue weighted by Crippen LogP contribution is 2.32. The van der Waals surface area contributed by atoms with E-state index in [2.05, 4.69) is 24.3 Å². The molecule has 0 spiro atoms. The summed E-state index contributed by atoms with van der Waals surface area (Å²) in [4.78, 5) is 15.0. The van der Waals surface area contributed by atoms with Crippen molar-refractivity contribution in [2.75, 3.05) is 19.7 Å². The fourth-order valence-corrected chi connectivity index (χ4v) is 3.98. The van der Waals surface area contributed by atoms with E-state index >= 15 is 0 Å². The lowest BCUT2D eigenvalue weighted by atomic mass is 9.88. The first-order valence-electron chi connectivity index (χ1n) is 9.09. The molecule has 2 aliphatic rings. The summed E-state index contributed by atoms with van der Waals surface area (Å²) in [7, 11) is 0. The van der Waals surface area contributed by atoms with Crippen LogP contribution in [0.3, 0.4) is 0 Å². The zero-order chi connectivity index (χ0) is 17.2. The van der Waals surface area contributed by atoms with Crippen molar-refractivity contribution in [2.24, 2.45) is 5.73 Å². The first-order chi connectivity index (χ1) is 12.3. The molecule has 0 radical (unpaired) electrons. The average Bonchev–Trinajstić information content (AvgIpc) is 3.16. The van der Waals surface area contributed by atoms with Crippen LogP contribution in [0.25, 0.3) is 0 Å². The number of benzene rings is 2. The molecule has 0 aromatic heterocycles. The van der Waals surface area contributed by atoms with Crippen LogP contribution in [-0.2, 0) is 13.0 Å². The minimum absolute atomic E-state index is 0.150. The molecule has 2 heterocycles. The van der Waals surface area contributed by atoms with E-state index in [1.165, 1.54) is 11.1 Å². The summed E-state index contributed by atoms with van der Waals surface area (Å²) in [6.45, 7) is 2.87. The van der Waals surface area contributed by atoms with Gasteiger partial charge in [0.1, 0.15) is 5.75 Å². The van der Waals surface area contributed by atoms with E-state index in [1.54, 1.807) is 0 Å². The smallest absolute Gasteiger partial charge is 0.254 e. The molecule has 0 atom stereocenters. The summed E-state index contributed by atoms with van der Waals surface area (Å²) >= 11 is 0. The number of carbonyl (C=O) groups excluding carboxylic acids is 1. The number of ether oxygens (including phenoxy) is 1. The van der Waals surface area contributed by atoms with Crippen molar-refractivity contribution >= 4 is 5.91 Å². The second-order valence-electron chi connectivity index (χ2n) is 6.90. The molecule has 1 saturated heterocycles. The predicted molar refractivity (Wildman–Crippen MR) is 97.9 cm³/mol. The standard InChI is InChI=1S/C21H24N2O2/c22-14-15-3-1-4-17(13-15)16-7-10-23(11-8-16)21(24)19-5-2-6-20-18(19)9-12-25-20/h1-6,13,16H,7-12,14,22H2. The lowest BCUT2D eigenvalue weighted by Gasteiger charge is -2.32. The molecule has 0 bridgehead atoms. The van der Waals surface area contributed by atoms with Crippen LogP contribution in [0.4, 0.5) is 0 Å². The minimum atomic E-state index is 0.150. The second kappa shape index (κ2) is 6.89. The number of hydrogen-bond donors (Lipinski definition) is 1. The zero-order valence-electron chi connectivity index (χ0n) is 14.4. The van der Waals surface area contributed by atoms with E-state index in [0.29, 0.717) is 19.1 Å². The molecular weight excluding hydrogens is 312 g/mol. The van der Waals surface area contributed by atoms with Gasteiger partial charge in [-0.3, -0.25) is 4.79 Å². The van der Waals surface area contributed by atoms with Crippen LogP contribution in [0, 0.1) is 0 Å².